The topological polar surface area (TPSA) is 187 Å². The SMILES string of the molecule is CC(C)(C)OC(=O)/N=C(/N)c1csc(CNC(=O)[C@@H]2C[C@@H](S(C)(=O)=O)CN2C(=O)CNC(=O)CCCOc2ccccc2)c1. The van der Waals surface area contributed by atoms with Crippen LogP contribution >= 0.6 is 11.3 Å². The highest BCUT2D eigenvalue weighted by molar-refractivity contribution is 7.91. The van der Waals surface area contributed by atoms with Crippen LogP contribution in [0.15, 0.2) is 46.8 Å². The average Bonchev–Trinajstić information content (AvgIpc) is 3.60. The van der Waals surface area contributed by atoms with E-state index >= 15 is 0 Å². The van der Waals surface area contributed by atoms with E-state index < -0.39 is 44.6 Å². The zero-order valence-electron chi connectivity index (χ0n) is 25.2. The van der Waals surface area contributed by atoms with Crippen LogP contribution in [0.5, 0.6) is 5.75 Å². The largest absolute Gasteiger partial charge is 0.494 e. The Morgan fingerprint density at radius 2 is 1.84 bits per heavy atom. The molecule has 1 aliphatic rings. The Morgan fingerprint density at radius 1 is 1.14 bits per heavy atom. The van der Waals surface area contributed by atoms with Crippen LogP contribution in [0, 0.1) is 0 Å². The number of para-hydroxylation sites is 1. The Hall–Kier alpha value is -3.98. The predicted octanol–water partition coefficient (Wildman–Crippen LogP) is 1.99. The van der Waals surface area contributed by atoms with Gasteiger partial charge in [0.1, 0.15) is 23.2 Å². The van der Waals surface area contributed by atoms with Gasteiger partial charge in [0.05, 0.1) is 24.9 Å². The Morgan fingerprint density at radius 3 is 2.50 bits per heavy atom. The van der Waals surface area contributed by atoms with Crippen molar-refractivity contribution in [2.45, 2.75) is 63.5 Å². The molecule has 2 aromatic rings. The van der Waals surface area contributed by atoms with E-state index in [1.54, 1.807) is 32.2 Å². The number of ether oxygens (including phenoxy) is 2. The van der Waals surface area contributed by atoms with Crippen molar-refractivity contribution >= 4 is 50.8 Å². The second kappa shape index (κ2) is 15.1. The molecule has 15 heteroatoms. The van der Waals surface area contributed by atoms with Crippen LogP contribution in [-0.4, -0.2) is 85.8 Å². The Bertz CT molecular complexity index is 1470. The van der Waals surface area contributed by atoms with Gasteiger partial charge in [-0.05, 0) is 51.8 Å². The second-order valence-corrected chi connectivity index (χ2v) is 14.6. The normalized spacial score (nSPS) is 17.2. The quantitative estimate of drug-likeness (QED) is 0.176. The van der Waals surface area contributed by atoms with Crippen LogP contribution in [0.2, 0.25) is 0 Å². The second-order valence-electron chi connectivity index (χ2n) is 11.3. The summed E-state index contributed by atoms with van der Waals surface area (Å²) >= 11 is 1.27. The minimum Gasteiger partial charge on any atom is -0.494 e. The average molecular weight is 650 g/mol. The first-order valence-electron chi connectivity index (χ1n) is 14.0. The minimum atomic E-state index is -3.54. The van der Waals surface area contributed by atoms with Crippen LogP contribution in [0.25, 0.3) is 0 Å². The zero-order valence-corrected chi connectivity index (χ0v) is 26.8. The van der Waals surface area contributed by atoms with Crippen molar-refractivity contribution in [1.29, 1.82) is 0 Å². The van der Waals surface area contributed by atoms with Crippen LogP contribution < -0.4 is 21.1 Å². The number of hydrogen-bond donors (Lipinski definition) is 3. The molecule has 1 saturated heterocycles. The summed E-state index contributed by atoms with van der Waals surface area (Å²) in [4.78, 5) is 56.0. The summed E-state index contributed by atoms with van der Waals surface area (Å²) in [7, 11) is -3.54. The van der Waals surface area contributed by atoms with Crippen LogP contribution in [0.3, 0.4) is 0 Å². The van der Waals surface area contributed by atoms with Crippen molar-refractivity contribution in [2.24, 2.45) is 10.7 Å². The van der Waals surface area contributed by atoms with E-state index in [-0.39, 0.29) is 44.2 Å². The van der Waals surface area contributed by atoms with Crippen molar-refractivity contribution in [2.75, 3.05) is 26.0 Å². The van der Waals surface area contributed by atoms with Gasteiger partial charge < -0.3 is 30.7 Å². The Labute approximate surface area is 261 Å². The van der Waals surface area contributed by atoms with E-state index in [1.807, 2.05) is 30.3 Å². The standard InChI is InChI=1S/C29H39N5O8S2/c1-29(2,3)42-28(38)33-26(30)19-13-21(43-18-19)15-32-27(37)23-14-22(44(4,39)40)17-34(23)25(36)16-31-24(35)11-8-12-41-20-9-6-5-7-10-20/h5-7,9-10,13,18,22-23H,8,11-12,14-17H2,1-4H3,(H,31,35)(H,32,37)(H2,30,33,38)/t22-,23+/m1/s1. The van der Waals surface area contributed by atoms with E-state index in [0.717, 1.165) is 6.26 Å². The lowest BCUT2D eigenvalue weighted by Gasteiger charge is -2.24. The molecule has 0 aliphatic carbocycles. The number of nitrogens with zero attached hydrogens (tertiary/aromatic N) is 2. The number of carbonyl (C=O) groups excluding carboxylic acids is 4. The molecule has 0 bridgehead atoms. The first kappa shape index (κ1) is 34.5. The summed E-state index contributed by atoms with van der Waals surface area (Å²) in [6.45, 7) is 5.00. The highest BCUT2D eigenvalue weighted by Gasteiger charge is 2.43. The molecule has 44 heavy (non-hydrogen) atoms. The molecule has 1 aliphatic heterocycles. The number of sulfone groups is 1. The summed E-state index contributed by atoms with van der Waals surface area (Å²) < 4.78 is 35.3. The van der Waals surface area contributed by atoms with Crippen molar-refractivity contribution in [3.05, 3.63) is 52.2 Å². The highest BCUT2D eigenvalue weighted by Crippen LogP contribution is 2.24. The molecule has 0 radical (unpaired) electrons. The molecule has 0 unspecified atom stereocenters. The van der Waals surface area contributed by atoms with E-state index in [9.17, 15) is 27.6 Å². The lowest BCUT2D eigenvalue weighted by molar-refractivity contribution is -0.138. The van der Waals surface area contributed by atoms with Gasteiger partial charge in [0.25, 0.3) is 0 Å². The molecule has 0 saturated carbocycles. The molecule has 0 spiro atoms. The molecule has 2 heterocycles. The minimum absolute atomic E-state index is 0.0394. The third-order valence-corrected chi connectivity index (χ3v) is 8.97. The van der Waals surface area contributed by atoms with Gasteiger partial charge in [-0.25, -0.2) is 13.2 Å². The molecular weight excluding hydrogens is 610 g/mol. The number of aliphatic imine (C=N–C) groups is 1. The van der Waals surface area contributed by atoms with E-state index in [0.29, 0.717) is 29.2 Å². The van der Waals surface area contributed by atoms with Crippen LogP contribution in [0.1, 0.15) is 50.5 Å². The molecule has 1 fully saturated rings. The number of benzene rings is 1. The maximum Gasteiger partial charge on any atom is 0.436 e. The Kier molecular flexibility index (Phi) is 11.9. The maximum absolute atomic E-state index is 13.1. The number of amides is 4. The van der Waals surface area contributed by atoms with Gasteiger partial charge in [-0.3, -0.25) is 14.4 Å². The summed E-state index contributed by atoms with van der Waals surface area (Å²) in [5.74, 6) is -0.799. The van der Waals surface area contributed by atoms with Gasteiger partial charge in [-0.2, -0.15) is 4.99 Å². The van der Waals surface area contributed by atoms with Crippen LogP contribution in [-0.2, 0) is 35.5 Å². The van der Waals surface area contributed by atoms with Gasteiger partial charge in [0, 0.05) is 35.0 Å². The van der Waals surface area contributed by atoms with Gasteiger partial charge in [-0.15, -0.1) is 11.3 Å². The van der Waals surface area contributed by atoms with Gasteiger partial charge in [0.15, 0.2) is 9.84 Å². The molecule has 3 rings (SSSR count). The first-order valence-corrected chi connectivity index (χ1v) is 16.8. The van der Waals surface area contributed by atoms with E-state index in [4.69, 9.17) is 15.2 Å². The molecule has 4 N–H and O–H groups in total. The number of amidine groups is 1. The summed E-state index contributed by atoms with van der Waals surface area (Å²) in [5, 5.41) is 6.05. The number of thiophene rings is 1. The molecule has 1 aromatic carbocycles. The lowest BCUT2D eigenvalue weighted by atomic mass is 10.2. The fraction of sp³-hybridized carbons (Fsp3) is 0.483. The van der Waals surface area contributed by atoms with Crippen LogP contribution in [0.4, 0.5) is 4.79 Å². The highest BCUT2D eigenvalue weighted by atomic mass is 32.2. The molecule has 13 nitrogen and oxygen atoms in total. The number of nitrogens with two attached hydrogens (primary N) is 1. The van der Waals surface area contributed by atoms with Crippen molar-refractivity contribution < 1.29 is 37.1 Å². The Balaban J connectivity index is 1.53. The molecule has 1 aromatic heterocycles. The zero-order chi connectivity index (χ0) is 32.5. The van der Waals surface area contributed by atoms with E-state index in [2.05, 4.69) is 15.6 Å². The third-order valence-electron chi connectivity index (χ3n) is 6.48. The summed E-state index contributed by atoms with van der Waals surface area (Å²) in [6, 6.07) is 9.80. The van der Waals surface area contributed by atoms with Crippen molar-refractivity contribution in [3.63, 3.8) is 0 Å². The smallest absolute Gasteiger partial charge is 0.436 e. The third kappa shape index (κ3) is 10.9. The monoisotopic (exact) mass is 649 g/mol. The maximum atomic E-state index is 13.1. The van der Waals surface area contributed by atoms with Crippen molar-refractivity contribution in [1.82, 2.24) is 15.5 Å². The van der Waals surface area contributed by atoms with E-state index in [1.165, 1.54) is 16.2 Å². The molecule has 240 valence electrons. The molecular formula is C29H39N5O8S2. The van der Waals surface area contributed by atoms with Gasteiger partial charge in [0.2, 0.25) is 17.7 Å². The first-order chi connectivity index (χ1) is 20.6. The van der Waals surface area contributed by atoms with Gasteiger partial charge >= 0.3 is 6.09 Å². The number of nitrogens with one attached hydrogen (secondary N) is 2. The number of rotatable bonds is 12. The summed E-state index contributed by atoms with van der Waals surface area (Å²) in [6.07, 6.45) is 0.743. The fourth-order valence-electron chi connectivity index (χ4n) is 4.28. The van der Waals surface area contributed by atoms with Gasteiger partial charge in [-0.1, -0.05) is 18.2 Å². The molecule has 4 amide bonds. The summed E-state index contributed by atoms with van der Waals surface area (Å²) in [5.41, 5.74) is 5.68. The predicted molar refractivity (Wildman–Crippen MR) is 166 cm³/mol. The van der Waals surface area contributed by atoms with Crippen molar-refractivity contribution in [3.8, 4) is 5.75 Å². The molecule has 2 atom stereocenters. The fourth-order valence-corrected chi connectivity index (χ4v) is 6.06. The number of likely N-dealkylation sites (tertiary alicyclic amines) is 1. The number of carbonyl (C=O) groups is 4. The lowest BCUT2D eigenvalue weighted by Crippen LogP contribution is -2.48. The number of hydrogen-bond acceptors (Lipinski definition) is 9.